The van der Waals surface area contributed by atoms with Gasteiger partial charge in [0.1, 0.15) is 0 Å². The van der Waals surface area contributed by atoms with Gasteiger partial charge < -0.3 is 19.7 Å². The molecule has 0 aromatic heterocycles. The number of nitrogens with zero attached hydrogens (tertiary/aromatic N) is 2. The van der Waals surface area contributed by atoms with Crippen molar-refractivity contribution in [2.45, 2.75) is 43.3 Å². The lowest BCUT2D eigenvalue weighted by Crippen LogP contribution is -2.53. The van der Waals surface area contributed by atoms with Gasteiger partial charge in [0.2, 0.25) is 0 Å². The van der Waals surface area contributed by atoms with E-state index in [1.165, 1.54) is 37.9 Å². The van der Waals surface area contributed by atoms with Crippen molar-refractivity contribution in [3.63, 3.8) is 0 Å². The Kier molecular flexibility index (Phi) is 8.55. The molecular formula is C17H33N3O2S. The van der Waals surface area contributed by atoms with Crippen LogP contribution in [0.25, 0.3) is 0 Å². The summed E-state index contributed by atoms with van der Waals surface area (Å²) in [6.45, 7) is 5.29. The van der Waals surface area contributed by atoms with Gasteiger partial charge in [-0.25, -0.2) is 0 Å². The topological polar surface area (TPSA) is 46.1 Å². The van der Waals surface area contributed by atoms with E-state index in [1.54, 1.807) is 7.11 Å². The van der Waals surface area contributed by atoms with Gasteiger partial charge in [0.05, 0.1) is 13.2 Å². The molecule has 2 aliphatic rings. The zero-order valence-electron chi connectivity index (χ0n) is 14.8. The summed E-state index contributed by atoms with van der Waals surface area (Å²) < 4.78 is 11.0. The van der Waals surface area contributed by atoms with E-state index in [0.717, 1.165) is 38.6 Å². The van der Waals surface area contributed by atoms with Gasteiger partial charge in [-0.1, -0.05) is 19.3 Å². The average Bonchev–Trinajstić information content (AvgIpc) is 2.58. The second kappa shape index (κ2) is 10.4. The van der Waals surface area contributed by atoms with E-state index >= 15 is 0 Å². The SMILES string of the molecule is CN=C(NCCCOCCOC)N1CCSC2(CCCCC2)C1. The normalized spacial score (nSPS) is 21.7. The Morgan fingerprint density at radius 2 is 2.04 bits per heavy atom. The van der Waals surface area contributed by atoms with E-state index in [0.29, 0.717) is 18.0 Å². The summed E-state index contributed by atoms with van der Waals surface area (Å²) in [7, 11) is 3.59. The minimum atomic E-state index is 0.484. The molecule has 0 amide bonds. The molecule has 2 fully saturated rings. The van der Waals surface area contributed by atoms with Crippen molar-refractivity contribution >= 4 is 17.7 Å². The molecule has 1 heterocycles. The van der Waals surface area contributed by atoms with Crippen LogP contribution in [0.15, 0.2) is 4.99 Å². The van der Waals surface area contributed by atoms with Crippen LogP contribution in [0.1, 0.15) is 38.5 Å². The lowest BCUT2D eigenvalue weighted by Gasteiger charge is -2.45. The first-order valence-corrected chi connectivity index (χ1v) is 9.94. The molecule has 1 aliphatic carbocycles. The Morgan fingerprint density at radius 3 is 2.78 bits per heavy atom. The summed E-state index contributed by atoms with van der Waals surface area (Å²) in [6, 6.07) is 0. The Labute approximate surface area is 145 Å². The highest BCUT2D eigenvalue weighted by atomic mass is 32.2. The number of rotatable bonds is 7. The fraction of sp³-hybridized carbons (Fsp3) is 0.941. The van der Waals surface area contributed by atoms with Crippen LogP contribution in [0.2, 0.25) is 0 Å². The van der Waals surface area contributed by atoms with Crippen LogP contribution in [0, 0.1) is 0 Å². The standard InChI is InChI=1S/C17H33N3O2S/c1-18-16(19-9-6-11-22-13-12-21-2)20-10-14-23-17(15-20)7-4-3-5-8-17/h3-15H2,1-2H3,(H,18,19). The van der Waals surface area contributed by atoms with E-state index in [-0.39, 0.29) is 0 Å². The molecule has 5 nitrogen and oxygen atoms in total. The van der Waals surface area contributed by atoms with Crippen LogP contribution < -0.4 is 5.32 Å². The van der Waals surface area contributed by atoms with Crippen molar-refractivity contribution in [3.05, 3.63) is 0 Å². The minimum absolute atomic E-state index is 0.484. The van der Waals surface area contributed by atoms with E-state index in [9.17, 15) is 0 Å². The van der Waals surface area contributed by atoms with Crippen LogP contribution in [0.5, 0.6) is 0 Å². The molecule has 2 rings (SSSR count). The van der Waals surface area contributed by atoms with E-state index < -0.39 is 0 Å². The van der Waals surface area contributed by atoms with Gasteiger partial charge in [-0.2, -0.15) is 11.8 Å². The van der Waals surface area contributed by atoms with Gasteiger partial charge in [-0.3, -0.25) is 4.99 Å². The minimum Gasteiger partial charge on any atom is -0.382 e. The summed E-state index contributed by atoms with van der Waals surface area (Å²) >= 11 is 2.20. The number of guanidine groups is 1. The van der Waals surface area contributed by atoms with Crippen molar-refractivity contribution in [1.29, 1.82) is 0 Å². The lowest BCUT2D eigenvalue weighted by molar-refractivity contribution is 0.0698. The molecule has 0 unspecified atom stereocenters. The van der Waals surface area contributed by atoms with Crippen LogP contribution in [-0.4, -0.2) is 75.0 Å². The smallest absolute Gasteiger partial charge is 0.193 e. The summed E-state index contributed by atoms with van der Waals surface area (Å²) in [5.41, 5.74) is 0. The van der Waals surface area contributed by atoms with Crippen LogP contribution >= 0.6 is 11.8 Å². The highest BCUT2D eigenvalue weighted by molar-refractivity contribution is 8.00. The zero-order valence-corrected chi connectivity index (χ0v) is 15.6. The summed E-state index contributed by atoms with van der Waals surface area (Å²) in [4.78, 5) is 6.96. The Bertz CT molecular complexity index is 354. The van der Waals surface area contributed by atoms with Gasteiger partial charge in [-0.15, -0.1) is 0 Å². The van der Waals surface area contributed by atoms with E-state index in [4.69, 9.17) is 9.47 Å². The van der Waals surface area contributed by atoms with E-state index in [2.05, 4.69) is 27.0 Å². The number of thioether (sulfide) groups is 1. The maximum Gasteiger partial charge on any atom is 0.193 e. The molecule has 0 atom stereocenters. The highest BCUT2D eigenvalue weighted by Crippen LogP contribution is 2.42. The fourth-order valence-electron chi connectivity index (χ4n) is 3.48. The summed E-state index contributed by atoms with van der Waals surface area (Å²) in [6.07, 6.45) is 7.95. The predicted octanol–water partition coefficient (Wildman–Crippen LogP) is 2.37. The third-order valence-electron chi connectivity index (χ3n) is 4.70. The molecule has 0 radical (unpaired) electrons. The van der Waals surface area contributed by atoms with Crippen molar-refractivity contribution in [2.75, 3.05) is 59.4 Å². The molecule has 0 aromatic carbocycles. The number of ether oxygens (including phenoxy) is 2. The Hall–Kier alpha value is -0.460. The van der Waals surface area contributed by atoms with Crippen molar-refractivity contribution in [1.82, 2.24) is 10.2 Å². The quantitative estimate of drug-likeness (QED) is 0.437. The van der Waals surface area contributed by atoms with Crippen molar-refractivity contribution in [3.8, 4) is 0 Å². The molecule has 0 aromatic rings. The first-order chi connectivity index (χ1) is 11.3. The molecule has 1 N–H and O–H groups in total. The van der Waals surface area contributed by atoms with Crippen molar-refractivity contribution in [2.24, 2.45) is 4.99 Å². The van der Waals surface area contributed by atoms with Gasteiger partial charge in [-0.05, 0) is 19.3 Å². The van der Waals surface area contributed by atoms with Gasteiger partial charge in [0.15, 0.2) is 5.96 Å². The molecule has 1 saturated heterocycles. The monoisotopic (exact) mass is 343 g/mol. The summed E-state index contributed by atoms with van der Waals surface area (Å²) in [5, 5.41) is 3.51. The number of methoxy groups -OCH3 is 1. The fourth-order valence-corrected chi connectivity index (χ4v) is 5.04. The Morgan fingerprint density at radius 1 is 1.22 bits per heavy atom. The van der Waals surface area contributed by atoms with Crippen LogP contribution in [0.3, 0.4) is 0 Å². The predicted molar refractivity (Wildman–Crippen MR) is 98.5 cm³/mol. The van der Waals surface area contributed by atoms with Gasteiger partial charge >= 0.3 is 0 Å². The zero-order chi connectivity index (χ0) is 16.4. The second-order valence-corrected chi connectivity index (χ2v) is 8.01. The van der Waals surface area contributed by atoms with Gasteiger partial charge in [0.25, 0.3) is 0 Å². The van der Waals surface area contributed by atoms with Crippen LogP contribution in [0.4, 0.5) is 0 Å². The number of hydrogen-bond acceptors (Lipinski definition) is 4. The average molecular weight is 344 g/mol. The first kappa shape index (κ1) is 18.9. The molecule has 6 heteroatoms. The number of nitrogens with one attached hydrogen (secondary N) is 1. The van der Waals surface area contributed by atoms with Crippen LogP contribution in [-0.2, 0) is 9.47 Å². The maximum absolute atomic E-state index is 5.50. The highest BCUT2D eigenvalue weighted by Gasteiger charge is 2.38. The maximum atomic E-state index is 5.50. The van der Waals surface area contributed by atoms with Gasteiger partial charge in [0, 0.05) is 50.9 Å². The summed E-state index contributed by atoms with van der Waals surface area (Å²) in [5.74, 6) is 2.29. The number of hydrogen-bond donors (Lipinski definition) is 1. The molecule has 134 valence electrons. The largest absolute Gasteiger partial charge is 0.382 e. The molecule has 1 saturated carbocycles. The molecule has 23 heavy (non-hydrogen) atoms. The first-order valence-electron chi connectivity index (χ1n) is 8.96. The third kappa shape index (κ3) is 6.16. The molecule has 1 aliphatic heterocycles. The Balaban J connectivity index is 1.70. The molecular weight excluding hydrogens is 310 g/mol. The molecule has 1 spiro atoms. The second-order valence-electron chi connectivity index (χ2n) is 6.45. The van der Waals surface area contributed by atoms with Crippen molar-refractivity contribution < 1.29 is 9.47 Å². The molecule has 0 bridgehead atoms. The number of aliphatic imine (C=N–C) groups is 1. The van der Waals surface area contributed by atoms with E-state index in [1.807, 2.05) is 7.05 Å². The third-order valence-corrected chi connectivity index (χ3v) is 6.24. The lowest BCUT2D eigenvalue weighted by atomic mass is 9.87.